The summed E-state index contributed by atoms with van der Waals surface area (Å²) < 4.78 is 13.0. The van der Waals surface area contributed by atoms with Gasteiger partial charge in [-0.3, -0.25) is 9.59 Å². The lowest BCUT2D eigenvalue weighted by atomic mass is 10.1. The first-order valence-corrected chi connectivity index (χ1v) is 10.6. The number of amides is 2. The molecule has 0 aliphatic carbocycles. The van der Waals surface area contributed by atoms with Gasteiger partial charge in [0.05, 0.1) is 6.42 Å². The quantitative estimate of drug-likeness (QED) is 0.699. The minimum Gasteiger partial charge on any atom is -0.375 e. The number of anilines is 1. The van der Waals surface area contributed by atoms with Crippen molar-refractivity contribution < 1.29 is 14.0 Å². The smallest absolute Gasteiger partial charge is 0.253 e. The Morgan fingerprint density at radius 2 is 1.53 bits per heavy atom. The van der Waals surface area contributed by atoms with Gasteiger partial charge < -0.3 is 14.7 Å². The van der Waals surface area contributed by atoms with Crippen LogP contribution in [0.4, 0.5) is 10.1 Å². The van der Waals surface area contributed by atoms with Crippen molar-refractivity contribution in [3.8, 4) is 0 Å². The van der Waals surface area contributed by atoms with Gasteiger partial charge in [-0.2, -0.15) is 0 Å². The molecule has 0 radical (unpaired) electrons. The fraction of sp³-hybridized carbons (Fsp3) is 0.417. The van der Waals surface area contributed by atoms with E-state index in [1.807, 2.05) is 24.3 Å². The lowest BCUT2D eigenvalue weighted by Crippen LogP contribution is -2.51. The molecule has 2 amide bonds. The highest BCUT2D eigenvalue weighted by molar-refractivity contribution is 5.94. The summed E-state index contributed by atoms with van der Waals surface area (Å²) in [6, 6.07) is 13.7. The van der Waals surface area contributed by atoms with Crippen LogP contribution >= 0.6 is 0 Å². The Bertz CT molecular complexity index is 844. The highest BCUT2D eigenvalue weighted by Gasteiger charge is 2.25. The zero-order chi connectivity index (χ0) is 21.5. The summed E-state index contributed by atoms with van der Waals surface area (Å²) in [7, 11) is 2.06. The highest BCUT2D eigenvalue weighted by Crippen LogP contribution is 2.17. The van der Waals surface area contributed by atoms with Crippen molar-refractivity contribution in [3.63, 3.8) is 0 Å². The average molecular weight is 412 g/mol. The van der Waals surface area contributed by atoms with Gasteiger partial charge in [0.25, 0.3) is 5.91 Å². The fourth-order valence-corrected chi connectivity index (χ4v) is 3.61. The molecular formula is C24H30FN3O2. The number of benzene rings is 2. The van der Waals surface area contributed by atoms with Crippen LogP contribution in [0.2, 0.25) is 0 Å². The monoisotopic (exact) mass is 411 g/mol. The highest BCUT2D eigenvalue weighted by atomic mass is 19.1. The van der Waals surface area contributed by atoms with Gasteiger partial charge in [-0.05, 0) is 48.4 Å². The third-order valence-electron chi connectivity index (χ3n) is 5.59. The summed E-state index contributed by atoms with van der Waals surface area (Å²) in [6.45, 7) is 5.24. The molecule has 0 saturated carbocycles. The van der Waals surface area contributed by atoms with Gasteiger partial charge in [0.2, 0.25) is 5.91 Å². The number of carbonyl (C=O) groups excluding carboxylic acids is 2. The molecular weight excluding hydrogens is 381 g/mol. The minimum atomic E-state index is -0.307. The van der Waals surface area contributed by atoms with Crippen LogP contribution in [0, 0.1) is 5.82 Å². The second-order valence-corrected chi connectivity index (χ2v) is 7.80. The molecule has 0 N–H and O–H groups in total. The van der Waals surface area contributed by atoms with E-state index in [1.54, 1.807) is 21.9 Å². The lowest BCUT2D eigenvalue weighted by Gasteiger charge is -2.35. The van der Waals surface area contributed by atoms with Crippen molar-refractivity contribution in [1.82, 2.24) is 9.80 Å². The van der Waals surface area contributed by atoms with Gasteiger partial charge in [-0.25, -0.2) is 4.39 Å². The first kappa shape index (κ1) is 21.8. The molecule has 0 spiro atoms. The number of halogens is 1. The molecule has 1 aliphatic heterocycles. The Morgan fingerprint density at radius 1 is 0.933 bits per heavy atom. The van der Waals surface area contributed by atoms with Gasteiger partial charge in [0.1, 0.15) is 5.82 Å². The van der Waals surface area contributed by atoms with E-state index in [-0.39, 0.29) is 24.1 Å². The molecule has 30 heavy (non-hydrogen) atoms. The topological polar surface area (TPSA) is 43.9 Å². The number of hydrogen-bond donors (Lipinski definition) is 0. The molecule has 6 heteroatoms. The SMILES string of the molecule is CCCCN(C)c1ccc(C(=O)N2CCN(C(=O)Cc3ccc(F)cc3)CC2)cc1. The molecule has 0 bridgehead atoms. The van der Waals surface area contributed by atoms with Crippen LogP contribution < -0.4 is 4.90 Å². The van der Waals surface area contributed by atoms with Crippen molar-refractivity contribution in [2.45, 2.75) is 26.2 Å². The molecule has 160 valence electrons. The molecule has 1 heterocycles. The molecule has 5 nitrogen and oxygen atoms in total. The Hall–Kier alpha value is -2.89. The van der Waals surface area contributed by atoms with Crippen molar-refractivity contribution in [3.05, 3.63) is 65.5 Å². The first-order valence-electron chi connectivity index (χ1n) is 10.6. The maximum Gasteiger partial charge on any atom is 0.253 e. The predicted molar refractivity (Wildman–Crippen MR) is 117 cm³/mol. The van der Waals surface area contributed by atoms with Crippen molar-refractivity contribution in [2.75, 3.05) is 44.7 Å². The number of nitrogens with zero attached hydrogens (tertiary/aromatic N) is 3. The zero-order valence-corrected chi connectivity index (χ0v) is 17.8. The summed E-state index contributed by atoms with van der Waals surface area (Å²) in [4.78, 5) is 31.1. The van der Waals surface area contributed by atoms with Gasteiger partial charge in [0.15, 0.2) is 0 Å². The molecule has 1 saturated heterocycles. The van der Waals surface area contributed by atoms with E-state index in [0.717, 1.165) is 30.6 Å². The normalized spacial score (nSPS) is 14.0. The number of hydrogen-bond acceptors (Lipinski definition) is 3. The minimum absolute atomic E-state index is 0.00314. The molecule has 1 aliphatic rings. The van der Waals surface area contributed by atoms with E-state index in [2.05, 4.69) is 18.9 Å². The molecule has 0 unspecified atom stereocenters. The number of piperazine rings is 1. The van der Waals surface area contributed by atoms with Crippen molar-refractivity contribution in [2.24, 2.45) is 0 Å². The van der Waals surface area contributed by atoms with Crippen LogP contribution in [0.5, 0.6) is 0 Å². The summed E-state index contributed by atoms with van der Waals surface area (Å²) >= 11 is 0. The summed E-state index contributed by atoms with van der Waals surface area (Å²) in [5.41, 5.74) is 2.58. The van der Waals surface area contributed by atoms with E-state index in [4.69, 9.17) is 0 Å². The number of carbonyl (C=O) groups is 2. The fourth-order valence-electron chi connectivity index (χ4n) is 3.61. The summed E-state index contributed by atoms with van der Waals surface area (Å²) in [5.74, 6) is -0.296. The Kier molecular flexibility index (Phi) is 7.44. The molecule has 2 aromatic rings. The number of unbranched alkanes of at least 4 members (excludes halogenated alkanes) is 1. The molecule has 0 atom stereocenters. The van der Waals surface area contributed by atoms with Crippen LogP contribution in [0.3, 0.4) is 0 Å². The molecule has 1 fully saturated rings. The van der Waals surface area contributed by atoms with Crippen molar-refractivity contribution >= 4 is 17.5 Å². The van der Waals surface area contributed by atoms with Crippen molar-refractivity contribution in [1.29, 1.82) is 0 Å². The maximum absolute atomic E-state index is 13.0. The van der Waals surface area contributed by atoms with E-state index >= 15 is 0 Å². The van der Waals surface area contributed by atoms with Gasteiger partial charge >= 0.3 is 0 Å². The van der Waals surface area contributed by atoms with Crippen LogP contribution in [-0.4, -0.2) is 61.4 Å². The average Bonchev–Trinajstić information content (AvgIpc) is 2.78. The van der Waals surface area contributed by atoms with Crippen LogP contribution in [0.15, 0.2) is 48.5 Å². The van der Waals surface area contributed by atoms with E-state index < -0.39 is 0 Å². The third-order valence-corrected chi connectivity index (χ3v) is 5.59. The summed E-state index contributed by atoms with van der Waals surface area (Å²) in [6.07, 6.45) is 2.54. The van der Waals surface area contributed by atoms with E-state index in [0.29, 0.717) is 31.7 Å². The first-order chi connectivity index (χ1) is 14.5. The molecule has 0 aromatic heterocycles. The second-order valence-electron chi connectivity index (χ2n) is 7.80. The molecule has 2 aromatic carbocycles. The van der Waals surface area contributed by atoms with E-state index in [1.165, 1.54) is 12.1 Å². The zero-order valence-electron chi connectivity index (χ0n) is 17.8. The predicted octanol–water partition coefficient (Wildman–Crippen LogP) is 3.59. The van der Waals surface area contributed by atoms with E-state index in [9.17, 15) is 14.0 Å². The van der Waals surface area contributed by atoms with Crippen LogP contribution in [0.1, 0.15) is 35.7 Å². The lowest BCUT2D eigenvalue weighted by molar-refractivity contribution is -0.131. The van der Waals surface area contributed by atoms with Gasteiger partial charge in [-0.15, -0.1) is 0 Å². The Labute approximate surface area is 178 Å². The third kappa shape index (κ3) is 5.59. The van der Waals surface area contributed by atoms with Gasteiger partial charge in [-0.1, -0.05) is 25.5 Å². The largest absolute Gasteiger partial charge is 0.375 e. The summed E-state index contributed by atoms with van der Waals surface area (Å²) in [5, 5.41) is 0. The Balaban J connectivity index is 1.51. The number of rotatable bonds is 7. The maximum atomic E-state index is 13.0. The molecule has 3 rings (SSSR count). The standard InChI is InChI=1S/C24H30FN3O2/c1-3-4-13-26(2)22-11-7-20(8-12-22)24(30)28-16-14-27(15-17-28)23(29)18-19-5-9-21(25)10-6-19/h5-12H,3-4,13-18H2,1-2H3. The van der Waals surface area contributed by atoms with Crippen LogP contribution in [-0.2, 0) is 11.2 Å². The Morgan fingerprint density at radius 3 is 2.13 bits per heavy atom. The van der Waals surface area contributed by atoms with Crippen LogP contribution in [0.25, 0.3) is 0 Å². The van der Waals surface area contributed by atoms with Gasteiger partial charge in [0, 0.05) is 51.0 Å². The second kappa shape index (κ2) is 10.2.